The number of halogens is 1. The van der Waals surface area contributed by atoms with Gasteiger partial charge in [0, 0.05) is 17.2 Å². The van der Waals surface area contributed by atoms with E-state index in [0.717, 1.165) is 5.56 Å². The average molecular weight is 412 g/mol. The molecule has 3 heterocycles. The molecule has 3 aromatic rings. The highest BCUT2D eigenvalue weighted by atomic mass is 19.1. The van der Waals surface area contributed by atoms with Gasteiger partial charge in [-0.1, -0.05) is 13.8 Å². The van der Waals surface area contributed by atoms with E-state index in [2.05, 4.69) is 28.8 Å². The average Bonchev–Trinajstić information content (AvgIpc) is 3.13. The number of nitrogens with zero attached hydrogens (tertiary/aromatic N) is 3. The Kier molecular flexibility index (Phi) is 5.53. The number of imidazole rings is 1. The third kappa shape index (κ3) is 4.49. The summed E-state index contributed by atoms with van der Waals surface area (Å²) in [5.74, 6) is 0.219. The molecule has 30 heavy (non-hydrogen) atoms. The topological polar surface area (TPSA) is 82.2 Å². The third-order valence-corrected chi connectivity index (χ3v) is 4.54. The molecular weight excluding hydrogens is 387 g/mol. The van der Waals surface area contributed by atoms with Crippen LogP contribution in [-0.4, -0.2) is 39.3 Å². The SMILES string of the molecule is CC(C)Oc1nccc(-c2[nH]c(C3OCC(C)(C)CO3)nc2-c2ccc(F)cc2)n1. The number of rotatable bonds is 5. The van der Waals surface area contributed by atoms with Gasteiger partial charge in [-0.2, -0.15) is 4.98 Å². The van der Waals surface area contributed by atoms with E-state index in [-0.39, 0.29) is 23.3 Å². The number of hydrogen-bond donors (Lipinski definition) is 1. The van der Waals surface area contributed by atoms with Crippen LogP contribution in [0.15, 0.2) is 36.5 Å². The number of benzene rings is 1. The molecule has 1 aliphatic rings. The van der Waals surface area contributed by atoms with E-state index in [1.807, 2.05) is 13.8 Å². The van der Waals surface area contributed by atoms with Gasteiger partial charge in [-0.3, -0.25) is 0 Å². The predicted molar refractivity (Wildman–Crippen MR) is 109 cm³/mol. The Morgan fingerprint density at radius 2 is 1.80 bits per heavy atom. The van der Waals surface area contributed by atoms with E-state index < -0.39 is 6.29 Å². The van der Waals surface area contributed by atoms with Crippen molar-refractivity contribution < 1.29 is 18.6 Å². The Morgan fingerprint density at radius 3 is 2.47 bits per heavy atom. The standard InChI is InChI=1S/C22H25FN4O3/c1-13(2)30-21-24-10-9-16(25-21)18-17(14-5-7-15(23)8-6-14)26-19(27-18)20-28-11-22(3,4)12-29-20/h5-10,13,20H,11-12H2,1-4H3,(H,26,27). The monoisotopic (exact) mass is 412 g/mol. The zero-order chi connectivity index (χ0) is 21.3. The molecule has 0 spiro atoms. The molecule has 1 fully saturated rings. The zero-order valence-corrected chi connectivity index (χ0v) is 17.5. The second-order valence-electron chi connectivity index (χ2n) is 8.36. The van der Waals surface area contributed by atoms with Crippen molar-refractivity contribution in [3.63, 3.8) is 0 Å². The number of ether oxygens (including phenoxy) is 3. The molecule has 0 bridgehead atoms. The van der Waals surface area contributed by atoms with Crippen molar-refractivity contribution in [2.24, 2.45) is 5.41 Å². The molecule has 2 aromatic heterocycles. The Hall–Kier alpha value is -2.84. The van der Waals surface area contributed by atoms with Gasteiger partial charge in [0.2, 0.25) is 6.29 Å². The molecule has 4 rings (SSSR count). The molecule has 7 nitrogen and oxygen atoms in total. The first-order valence-corrected chi connectivity index (χ1v) is 9.90. The Morgan fingerprint density at radius 1 is 1.10 bits per heavy atom. The molecule has 158 valence electrons. The van der Waals surface area contributed by atoms with E-state index in [4.69, 9.17) is 19.2 Å². The van der Waals surface area contributed by atoms with Gasteiger partial charge in [0.1, 0.15) is 5.82 Å². The molecule has 0 radical (unpaired) electrons. The van der Waals surface area contributed by atoms with Gasteiger partial charge in [-0.25, -0.2) is 14.4 Å². The van der Waals surface area contributed by atoms with Crippen molar-refractivity contribution in [2.75, 3.05) is 13.2 Å². The van der Waals surface area contributed by atoms with Crippen LogP contribution in [0.2, 0.25) is 0 Å². The summed E-state index contributed by atoms with van der Waals surface area (Å²) < 4.78 is 30.9. The Labute approximate surface area is 174 Å². The van der Waals surface area contributed by atoms with Crippen molar-refractivity contribution in [2.45, 2.75) is 40.1 Å². The quantitative estimate of drug-likeness (QED) is 0.663. The van der Waals surface area contributed by atoms with Crippen LogP contribution in [0, 0.1) is 11.2 Å². The zero-order valence-electron chi connectivity index (χ0n) is 17.5. The number of aromatic nitrogens is 4. The van der Waals surface area contributed by atoms with Crippen LogP contribution in [-0.2, 0) is 9.47 Å². The summed E-state index contributed by atoms with van der Waals surface area (Å²) in [6, 6.07) is 8.20. The predicted octanol–water partition coefficient (Wildman–Crippen LogP) is 4.53. The number of nitrogens with one attached hydrogen (secondary N) is 1. The van der Waals surface area contributed by atoms with Crippen LogP contribution in [0.25, 0.3) is 22.6 Å². The van der Waals surface area contributed by atoms with E-state index >= 15 is 0 Å². The molecule has 0 saturated carbocycles. The number of aromatic amines is 1. The minimum absolute atomic E-state index is 0.0541. The highest BCUT2D eigenvalue weighted by molar-refractivity contribution is 5.76. The fourth-order valence-electron chi connectivity index (χ4n) is 3.10. The van der Waals surface area contributed by atoms with Crippen molar-refractivity contribution in [3.8, 4) is 28.7 Å². The fraction of sp³-hybridized carbons (Fsp3) is 0.409. The van der Waals surface area contributed by atoms with Crippen molar-refractivity contribution in [3.05, 3.63) is 48.2 Å². The first-order chi connectivity index (χ1) is 14.3. The van der Waals surface area contributed by atoms with Crippen LogP contribution >= 0.6 is 0 Å². The highest BCUT2D eigenvalue weighted by Gasteiger charge is 2.32. The summed E-state index contributed by atoms with van der Waals surface area (Å²) in [6.07, 6.45) is 0.964. The van der Waals surface area contributed by atoms with Crippen LogP contribution in [0.1, 0.15) is 39.8 Å². The van der Waals surface area contributed by atoms with Gasteiger partial charge < -0.3 is 19.2 Å². The first kappa shape index (κ1) is 20.4. The largest absolute Gasteiger partial charge is 0.461 e. The Balaban J connectivity index is 1.74. The molecule has 1 aliphatic heterocycles. The lowest BCUT2D eigenvalue weighted by Crippen LogP contribution is -2.34. The minimum atomic E-state index is -0.612. The summed E-state index contributed by atoms with van der Waals surface area (Å²) >= 11 is 0. The maximum Gasteiger partial charge on any atom is 0.317 e. The second kappa shape index (κ2) is 8.12. The van der Waals surface area contributed by atoms with Gasteiger partial charge in [-0.15, -0.1) is 0 Å². The summed E-state index contributed by atoms with van der Waals surface area (Å²) in [5, 5.41) is 0. The summed E-state index contributed by atoms with van der Waals surface area (Å²) in [7, 11) is 0. The molecule has 0 unspecified atom stereocenters. The molecule has 8 heteroatoms. The molecular formula is C22H25FN4O3. The van der Waals surface area contributed by atoms with Crippen molar-refractivity contribution >= 4 is 0 Å². The lowest BCUT2D eigenvalue weighted by molar-refractivity contribution is -0.229. The Bertz CT molecular complexity index is 1010. The molecule has 1 aromatic carbocycles. The second-order valence-corrected chi connectivity index (χ2v) is 8.36. The van der Waals surface area contributed by atoms with Gasteiger partial charge in [-0.05, 0) is 44.2 Å². The minimum Gasteiger partial charge on any atom is -0.461 e. The van der Waals surface area contributed by atoms with Crippen molar-refractivity contribution in [1.82, 2.24) is 19.9 Å². The lowest BCUT2D eigenvalue weighted by Gasteiger charge is -2.33. The molecule has 0 amide bonds. The van der Waals surface area contributed by atoms with Crippen LogP contribution < -0.4 is 4.74 Å². The molecule has 0 atom stereocenters. The van der Waals surface area contributed by atoms with Gasteiger partial charge in [0.05, 0.1) is 36.4 Å². The highest BCUT2D eigenvalue weighted by Crippen LogP contribution is 2.35. The van der Waals surface area contributed by atoms with Crippen molar-refractivity contribution in [1.29, 1.82) is 0 Å². The van der Waals surface area contributed by atoms with Crippen LogP contribution in [0.3, 0.4) is 0 Å². The first-order valence-electron chi connectivity index (χ1n) is 9.90. The smallest absolute Gasteiger partial charge is 0.317 e. The fourth-order valence-corrected chi connectivity index (χ4v) is 3.10. The summed E-state index contributed by atoms with van der Waals surface area (Å²) in [5.41, 5.74) is 2.58. The van der Waals surface area contributed by atoms with Gasteiger partial charge in [0.25, 0.3) is 0 Å². The molecule has 1 saturated heterocycles. The summed E-state index contributed by atoms with van der Waals surface area (Å²) in [6.45, 7) is 9.09. The molecule has 1 N–H and O–H groups in total. The lowest BCUT2D eigenvalue weighted by atomic mass is 9.96. The van der Waals surface area contributed by atoms with E-state index in [0.29, 0.717) is 36.1 Å². The maximum atomic E-state index is 13.5. The number of hydrogen-bond acceptors (Lipinski definition) is 6. The van der Waals surface area contributed by atoms with E-state index in [9.17, 15) is 4.39 Å². The van der Waals surface area contributed by atoms with E-state index in [1.165, 1.54) is 12.1 Å². The van der Waals surface area contributed by atoms with Crippen LogP contribution in [0.4, 0.5) is 4.39 Å². The van der Waals surface area contributed by atoms with Gasteiger partial charge in [0.15, 0.2) is 5.82 Å². The van der Waals surface area contributed by atoms with Crippen LogP contribution in [0.5, 0.6) is 6.01 Å². The van der Waals surface area contributed by atoms with Gasteiger partial charge >= 0.3 is 6.01 Å². The summed E-state index contributed by atoms with van der Waals surface area (Å²) in [4.78, 5) is 16.7. The number of H-pyrrole nitrogens is 1. The normalized spacial score (nSPS) is 16.7. The molecule has 0 aliphatic carbocycles. The third-order valence-electron chi connectivity index (χ3n) is 4.54. The maximum absolute atomic E-state index is 13.5. The van der Waals surface area contributed by atoms with E-state index in [1.54, 1.807) is 24.4 Å².